The molecule has 0 saturated heterocycles. The molecule has 0 saturated carbocycles. The zero-order chi connectivity index (χ0) is 13.8. The topological polar surface area (TPSA) is 61.8 Å². The largest absolute Gasteiger partial charge is 0.344 e. The van der Waals surface area contributed by atoms with Crippen LogP contribution in [0.4, 0.5) is 0 Å². The second-order valence-electron chi connectivity index (χ2n) is 4.57. The van der Waals surface area contributed by atoms with Gasteiger partial charge in [-0.3, -0.25) is 9.59 Å². The fourth-order valence-electron chi connectivity index (χ4n) is 1.94. The van der Waals surface area contributed by atoms with Crippen molar-refractivity contribution in [2.75, 3.05) is 7.05 Å². The highest BCUT2D eigenvalue weighted by atomic mass is 16.2. The molecule has 5 nitrogen and oxygen atoms in total. The van der Waals surface area contributed by atoms with E-state index in [2.05, 4.69) is 10.4 Å². The maximum absolute atomic E-state index is 12.1. The molecule has 2 rings (SSSR count). The molecule has 0 spiro atoms. The first kappa shape index (κ1) is 13.3. The highest BCUT2D eigenvalue weighted by Gasteiger charge is 2.22. The van der Waals surface area contributed by atoms with E-state index < -0.39 is 0 Å². The summed E-state index contributed by atoms with van der Waals surface area (Å²) in [7, 11) is 1.56. The summed E-state index contributed by atoms with van der Waals surface area (Å²) in [6, 6.07) is 9.64. The first-order valence-electron chi connectivity index (χ1n) is 6.28. The molecule has 1 aromatic rings. The summed E-state index contributed by atoms with van der Waals surface area (Å²) < 4.78 is 0. The van der Waals surface area contributed by atoms with Gasteiger partial charge in [-0.15, -0.1) is 0 Å². The van der Waals surface area contributed by atoms with Crippen molar-refractivity contribution >= 4 is 17.5 Å². The van der Waals surface area contributed by atoms with Crippen molar-refractivity contribution in [2.45, 2.75) is 25.8 Å². The second-order valence-corrected chi connectivity index (χ2v) is 4.57. The SMILES string of the molecule is C[C@H](NC(=O)C1=NN(C)C(=O)CC1)c1ccccc1. The van der Waals surface area contributed by atoms with E-state index in [1.54, 1.807) is 7.05 Å². The zero-order valence-electron chi connectivity index (χ0n) is 11.1. The van der Waals surface area contributed by atoms with Crippen LogP contribution in [0.2, 0.25) is 0 Å². The van der Waals surface area contributed by atoms with Crippen LogP contribution in [0.5, 0.6) is 0 Å². The Morgan fingerprint density at radius 2 is 2.00 bits per heavy atom. The third-order valence-electron chi connectivity index (χ3n) is 3.12. The lowest BCUT2D eigenvalue weighted by molar-refractivity contribution is -0.130. The van der Waals surface area contributed by atoms with Gasteiger partial charge in [0, 0.05) is 19.9 Å². The maximum Gasteiger partial charge on any atom is 0.267 e. The van der Waals surface area contributed by atoms with E-state index in [0.29, 0.717) is 18.6 Å². The summed E-state index contributed by atoms with van der Waals surface area (Å²) in [4.78, 5) is 23.3. The van der Waals surface area contributed by atoms with Crippen LogP contribution >= 0.6 is 0 Å². The van der Waals surface area contributed by atoms with Gasteiger partial charge < -0.3 is 5.32 Å². The minimum absolute atomic E-state index is 0.0624. The quantitative estimate of drug-likeness (QED) is 0.893. The Kier molecular flexibility index (Phi) is 3.94. The van der Waals surface area contributed by atoms with Gasteiger partial charge in [0.25, 0.3) is 5.91 Å². The van der Waals surface area contributed by atoms with Crippen LogP contribution in [0.1, 0.15) is 31.4 Å². The standard InChI is InChI=1S/C14H17N3O2/c1-10(11-6-4-3-5-7-11)15-14(19)12-8-9-13(18)17(2)16-12/h3-7,10H,8-9H2,1-2H3,(H,15,19)/t10-/m0/s1. The Balaban J connectivity index is 2.02. The zero-order valence-corrected chi connectivity index (χ0v) is 11.1. The number of amides is 2. The molecule has 100 valence electrons. The smallest absolute Gasteiger partial charge is 0.267 e. The number of carbonyl (C=O) groups is 2. The van der Waals surface area contributed by atoms with Crippen molar-refractivity contribution < 1.29 is 9.59 Å². The summed E-state index contributed by atoms with van der Waals surface area (Å²) in [6.07, 6.45) is 0.735. The average molecular weight is 259 g/mol. The molecule has 1 N–H and O–H groups in total. The predicted octanol–water partition coefficient (Wildman–Crippen LogP) is 1.47. The van der Waals surface area contributed by atoms with Crippen LogP contribution in [0.3, 0.4) is 0 Å². The summed E-state index contributed by atoms with van der Waals surface area (Å²) in [5.74, 6) is -0.275. The van der Waals surface area contributed by atoms with Gasteiger partial charge in [0.1, 0.15) is 5.71 Å². The van der Waals surface area contributed by atoms with E-state index in [1.165, 1.54) is 5.01 Å². The molecule has 2 amide bonds. The third-order valence-corrected chi connectivity index (χ3v) is 3.12. The lowest BCUT2D eigenvalue weighted by Gasteiger charge is -2.20. The van der Waals surface area contributed by atoms with Crippen LogP contribution in [-0.4, -0.2) is 29.6 Å². The number of nitrogens with zero attached hydrogens (tertiary/aromatic N) is 2. The second kappa shape index (κ2) is 5.65. The molecule has 0 aromatic heterocycles. The van der Waals surface area contributed by atoms with Crippen molar-refractivity contribution in [1.82, 2.24) is 10.3 Å². The van der Waals surface area contributed by atoms with Gasteiger partial charge in [-0.2, -0.15) is 5.10 Å². The fourth-order valence-corrected chi connectivity index (χ4v) is 1.94. The van der Waals surface area contributed by atoms with Crippen molar-refractivity contribution in [3.63, 3.8) is 0 Å². The Hall–Kier alpha value is -2.17. The van der Waals surface area contributed by atoms with E-state index in [0.717, 1.165) is 5.56 Å². The molecule has 1 aliphatic rings. The molecule has 0 bridgehead atoms. The minimum Gasteiger partial charge on any atom is -0.344 e. The molecule has 0 aliphatic carbocycles. The van der Waals surface area contributed by atoms with E-state index >= 15 is 0 Å². The average Bonchev–Trinajstić information content (AvgIpc) is 2.42. The summed E-state index contributed by atoms with van der Waals surface area (Å²) in [5, 5.41) is 8.12. The first-order chi connectivity index (χ1) is 9.08. The Morgan fingerprint density at radius 1 is 1.32 bits per heavy atom. The van der Waals surface area contributed by atoms with Crippen molar-refractivity contribution in [3.8, 4) is 0 Å². The summed E-state index contributed by atoms with van der Waals surface area (Å²) in [6.45, 7) is 1.92. The molecule has 1 aliphatic heterocycles. The number of rotatable bonds is 3. The van der Waals surface area contributed by atoms with E-state index in [1.807, 2.05) is 37.3 Å². The van der Waals surface area contributed by atoms with Gasteiger partial charge in [0.2, 0.25) is 5.91 Å². The number of nitrogens with one attached hydrogen (secondary N) is 1. The van der Waals surface area contributed by atoms with E-state index in [9.17, 15) is 9.59 Å². The van der Waals surface area contributed by atoms with Crippen molar-refractivity contribution in [2.24, 2.45) is 5.10 Å². The number of hydrogen-bond donors (Lipinski definition) is 1. The fraction of sp³-hybridized carbons (Fsp3) is 0.357. The van der Waals surface area contributed by atoms with Crippen LogP contribution in [0, 0.1) is 0 Å². The van der Waals surface area contributed by atoms with Gasteiger partial charge in [-0.05, 0) is 12.5 Å². The van der Waals surface area contributed by atoms with E-state index in [-0.39, 0.29) is 17.9 Å². The molecule has 1 atom stereocenters. The van der Waals surface area contributed by atoms with Gasteiger partial charge in [-0.1, -0.05) is 30.3 Å². The molecule has 1 aromatic carbocycles. The molecule has 19 heavy (non-hydrogen) atoms. The van der Waals surface area contributed by atoms with Gasteiger partial charge in [0.05, 0.1) is 6.04 Å². The van der Waals surface area contributed by atoms with Crippen LogP contribution in [0.15, 0.2) is 35.4 Å². The molecule has 1 heterocycles. The Bertz CT molecular complexity index is 511. The summed E-state index contributed by atoms with van der Waals surface area (Å²) in [5.41, 5.74) is 1.45. The maximum atomic E-state index is 12.1. The summed E-state index contributed by atoms with van der Waals surface area (Å²) >= 11 is 0. The number of benzene rings is 1. The van der Waals surface area contributed by atoms with Gasteiger partial charge >= 0.3 is 0 Å². The van der Waals surface area contributed by atoms with Crippen LogP contribution in [-0.2, 0) is 9.59 Å². The van der Waals surface area contributed by atoms with Crippen LogP contribution < -0.4 is 5.32 Å². The molecule has 0 radical (unpaired) electrons. The molecule has 5 heteroatoms. The third kappa shape index (κ3) is 3.19. The van der Waals surface area contributed by atoms with Crippen LogP contribution in [0.25, 0.3) is 0 Å². The number of carbonyl (C=O) groups excluding carboxylic acids is 2. The van der Waals surface area contributed by atoms with Gasteiger partial charge in [0.15, 0.2) is 0 Å². The normalized spacial score (nSPS) is 16.8. The molecule has 0 fully saturated rings. The highest BCUT2D eigenvalue weighted by Crippen LogP contribution is 2.12. The molecular formula is C14H17N3O2. The Morgan fingerprint density at radius 3 is 2.63 bits per heavy atom. The lowest BCUT2D eigenvalue weighted by Crippen LogP contribution is -2.38. The lowest BCUT2D eigenvalue weighted by atomic mass is 10.1. The van der Waals surface area contributed by atoms with Crippen molar-refractivity contribution in [1.29, 1.82) is 0 Å². The van der Waals surface area contributed by atoms with Crippen molar-refractivity contribution in [3.05, 3.63) is 35.9 Å². The van der Waals surface area contributed by atoms with E-state index in [4.69, 9.17) is 0 Å². The Labute approximate surface area is 112 Å². The minimum atomic E-state index is -0.212. The molecular weight excluding hydrogens is 242 g/mol. The predicted molar refractivity (Wildman–Crippen MR) is 72.4 cm³/mol. The number of hydrogen-bond acceptors (Lipinski definition) is 3. The first-order valence-corrected chi connectivity index (χ1v) is 6.28. The highest BCUT2D eigenvalue weighted by molar-refractivity contribution is 6.39. The molecule has 0 unspecified atom stereocenters. The monoisotopic (exact) mass is 259 g/mol. The number of hydrazone groups is 1. The van der Waals surface area contributed by atoms with Gasteiger partial charge in [-0.25, -0.2) is 5.01 Å².